The molecular formula is C18H24N4OS. The predicted octanol–water partition coefficient (Wildman–Crippen LogP) is 2.09. The molecule has 0 aliphatic carbocycles. The van der Waals surface area contributed by atoms with Crippen molar-refractivity contribution in [1.82, 2.24) is 20.1 Å². The zero-order chi connectivity index (χ0) is 17.1. The molecule has 5 nitrogen and oxygen atoms in total. The Morgan fingerprint density at radius 2 is 2.21 bits per heavy atom. The summed E-state index contributed by atoms with van der Waals surface area (Å²) in [6.07, 6.45) is 0. The number of nitrogens with zero attached hydrogens (tertiary/aromatic N) is 3. The van der Waals surface area contributed by atoms with Gasteiger partial charge in [-0.1, -0.05) is 12.1 Å². The van der Waals surface area contributed by atoms with Crippen molar-refractivity contribution in [2.24, 2.45) is 0 Å². The number of amides is 1. The van der Waals surface area contributed by atoms with Gasteiger partial charge in [0.2, 0.25) is 0 Å². The van der Waals surface area contributed by atoms with Gasteiger partial charge in [-0.15, -0.1) is 11.3 Å². The third kappa shape index (κ3) is 4.01. The highest BCUT2D eigenvalue weighted by Crippen LogP contribution is 2.22. The molecule has 0 spiro atoms. The van der Waals surface area contributed by atoms with E-state index in [0.717, 1.165) is 35.9 Å². The molecule has 1 fully saturated rings. The van der Waals surface area contributed by atoms with Crippen LogP contribution in [0.25, 0.3) is 11.3 Å². The number of hydrogen-bond acceptors (Lipinski definition) is 5. The molecule has 1 aromatic carbocycles. The van der Waals surface area contributed by atoms with Crippen molar-refractivity contribution in [2.45, 2.75) is 13.0 Å². The van der Waals surface area contributed by atoms with E-state index in [2.05, 4.69) is 34.2 Å². The lowest BCUT2D eigenvalue weighted by Gasteiger charge is -2.37. The van der Waals surface area contributed by atoms with Crippen molar-refractivity contribution in [3.63, 3.8) is 0 Å². The Kier molecular flexibility index (Phi) is 5.28. The van der Waals surface area contributed by atoms with E-state index < -0.39 is 0 Å². The van der Waals surface area contributed by atoms with Gasteiger partial charge < -0.3 is 10.2 Å². The summed E-state index contributed by atoms with van der Waals surface area (Å²) >= 11 is 1.62. The van der Waals surface area contributed by atoms with Gasteiger partial charge in [0.1, 0.15) is 0 Å². The van der Waals surface area contributed by atoms with Gasteiger partial charge in [-0.2, -0.15) is 0 Å². The highest BCUT2D eigenvalue weighted by atomic mass is 32.1. The van der Waals surface area contributed by atoms with Gasteiger partial charge in [0.15, 0.2) is 0 Å². The van der Waals surface area contributed by atoms with Crippen molar-refractivity contribution in [3.8, 4) is 11.3 Å². The quantitative estimate of drug-likeness (QED) is 0.923. The molecular weight excluding hydrogens is 320 g/mol. The number of hydrogen-bond donors (Lipinski definition) is 1. The fraction of sp³-hybridized carbons (Fsp3) is 0.444. The summed E-state index contributed by atoms with van der Waals surface area (Å²) < 4.78 is 0. The standard InChI is InChI=1S/C18H24N4OS/c1-13-20-17(12-24-13)14-5-4-6-15(9-14)18(23)19-10-16-11-21(2)7-8-22(16)3/h4-6,9,12,16H,7-8,10-11H2,1-3H3,(H,19,23)/t16-/m1/s1. The highest BCUT2D eigenvalue weighted by Gasteiger charge is 2.22. The van der Waals surface area contributed by atoms with E-state index in [4.69, 9.17) is 0 Å². The zero-order valence-corrected chi connectivity index (χ0v) is 15.3. The smallest absolute Gasteiger partial charge is 0.251 e. The van der Waals surface area contributed by atoms with E-state index >= 15 is 0 Å². The Bertz CT molecular complexity index is 715. The van der Waals surface area contributed by atoms with E-state index in [0.29, 0.717) is 18.2 Å². The summed E-state index contributed by atoms with van der Waals surface area (Å²) in [6, 6.07) is 8.04. The van der Waals surface area contributed by atoms with Crippen LogP contribution in [0.4, 0.5) is 0 Å². The monoisotopic (exact) mass is 344 g/mol. The average Bonchev–Trinajstić information content (AvgIpc) is 3.02. The lowest BCUT2D eigenvalue weighted by Crippen LogP contribution is -2.54. The van der Waals surface area contributed by atoms with Crippen LogP contribution in [-0.2, 0) is 0 Å². The fourth-order valence-corrected chi connectivity index (χ4v) is 3.57. The molecule has 24 heavy (non-hydrogen) atoms. The molecule has 0 unspecified atom stereocenters. The topological polar surface area (TPSA) is 48.5 Å². The van der Waals surface area contributed by atoms with Gasteiger partial charge in [0, 0.05) is 48.7 Å². The van der Waals surface area contributed by atoms with E-state index in [-0.39, 0.29) is 5.91 Å². The molecule has 1 aliphatic heterocycles. The summed E-state index contributed by atoms with van der Waals surface area (Å²) in [4.78, 5) is 21.6. The molecule has 0 bridgehead atoms. The largest absolute Gasteiger partial charge is 0.350 e. The molecule has 3 rings (SSSR count). The van der Waals surface area contributed by atoms with Crippen molar-refractivity contribution in [3.05, 3.63) is 40.2 Å². The molecule has 6 heteroatoms. The summed E-state index contributed by atoms with van der Waals surface area (Å²) in [7, 11) is 4.25. The molecule has 1 aromatic heterocycles. The Morgan fingerprint density at radius 1 is 1.38 bits per heavy atom. The molecule has 2 heterocycles. The van der Waals surface area contributed by atoms with Gasteiger partial charge in [-0.3, -0.25) is 9.69 Å². The lowest BCUT2D eigenvalue weighted by molar-refractivity contribution is 0.0881. The van der Waals surface area contributed by atoms with Crippen molar-refractivity contribution < 1.29 is 4.79 Å². The van der Waals surface area contributed by atoms with E-state index in [1.807, 2.05) is 36.6 Å². The molecule has 1 amide bonds. The van der Waals surface area contributed by atoms with Crippen LogP contribution in [0.1, 0.15) is 15.4 Å². The summed E-state index contributed by atoms with van der Waals surface area (Å²) in [5.41, 5.74) is 2.60. The van der Waals surface area contributed by atoms with E-state index in [1.54, 1.807) is 11.3 Å². The first-order valence-corrected chi connectivity index (χ1v) is 9.10. The van der Waals surface area contributed by atoms with Gasteiger partial charge >= 0.3 is 0 Å². The number of aryl methyl sites for hydroxylation is 1. The van der Waals surface area contributed by atoms with Crippen LogP contribution in [0.5, 0.6) is 0 Å². The minimum atomic E-state index is -0.0228. The highest BCUT2D eigenvalue weighted by molar-refractivity contribution is 7.09. The van der Waals surface area contributed by atoms with Gasteiger partial charge in [-0.05, 0) is 33.2 Å². The molecule has 0 radical (unpaired) electrons. The number of benzene rings is 1. The number of likely N-dealkylation sites (N-methyl/N-ethyl adjacent to an activating group) is 2. The predicted molar refractivity (Wildman–Crippen MR) is 98.5 cm³/mol. The molecule has 1 aliphatic rings. The number of aromatic nitrogens is 1. The van der Waals surface area contributed by atoms with Crippen LogP contribution >= 0.6 is 11.3 Å². The Morgan fingerprint density at radius 3 is 2.96 bits per heavy atom. The maximum Gasteiger partial charge on any atom is 0.251 e. The number of nitrogens with one attached hydrogen (secondary N) is 1. The van der Waals surface area contributed by atoms with Crippen LogP contribution < -0.4 is 5.32 Å². The van der Waals surface area contributed by atoms with Crippen molar-refractivity contribution >= 4 is 17.2 Å². The number of carbonyl (C=O) groups excluding carboxylic acids is 1. The lowest BCUT2D eigenvalue weighted by atomic mass is 10.1. The molecule has 2 aromatic rings. The zero-order valence-electron chi connectivity index (χ0n) is 14.5. The van der Waals surface area contributed by atoms with E-state index in [1.165, 1.54) is 0 Å². The number of carbonyl (C=O) groups is 1. The first-order valence-electron chi connectivity index (χ1n) is 8.22. The van der Waals surface area contributed by atoms with Gasteiger partial charge in [-0.25, -0.2) is 4.98 Å². The molecule has 1 atom stereocenters. The Labute approximate surface area is 147 Å². The summed E-state index contributed by atoms with van der Waals surface area (Å²) in [6.45, 7) is 5.75. The fourth-order valence-electron chi connectivity index (χ4n) is 2.95. The van der Waals surface area contributed by atoms with Gasteiger partial charge in [0.25, 0.3) is 5.91 Å². The van der Waals surface area contributed by atoms with Crippen LogP contribution in [0.15, 0.2) is 29.6 Å². The van der Waals surface area contributed by atoms with Crippen LogP contribution in [0, 0.1) is 6.92 Å². The van der Waals surface area contributed by atoms with Crippen molar-refractivity contribution in [1.29, 1.82) is 0 Å². The third-order valence-corrected chi connectivity index (χ3v) is 5.29. The number of thiazole rings is 1. The molecule has 1 saturated heterocycles. The van der Waals surface area contributed by atoms with Crippen LogP contribution in [0.2, 0.25) is 0 Å². The van der Waals surface area contributed by atoms with Crippen LogP contribution in [-0.4, -0.2) is 67.0 Å². The summed E-state index contributed by atoms with van der Waals surface area (Å²) in [5.74, 6) is -0.0228. The van der Waals surface area contributed by atoms with Crippen molar-refractivity contribution in [2.75, 3.05) is 40.3 Å². The van der Waals surface area contributed by atoms with Crippen LogP contribution in [0.3, 0.4) is 0 Å². The molecule has 1 N–H and O–H groups in total. The first-order chi connectivity index (χ1) is 11.5. The van der Waals surface area contributed by atoms with Gasteiger partial charge in [0.05, 0.1) is 10.7 Å². The number of piperazine rings is 1. The maximum atomic E-state index is 12.5. The maximum absolute atomic E-state index is 12.5. The third-order valence-electron chi connectivity index (χ3n) is 4.52. The normalized spacial score (nSPS) is 19.4. The summed E-state index contributed by atoms with van der Waals surface area (Å²) in [5, 5.41) is 6.14. The second-order valence-corrected chi connectivity index (χ2v) is 7.50. The second kappa shape index (κ2) is 7.42. The second-order valence-electron chi connectivity index (χ2n) is 6.44. The molecule has 0 saturated carbocycles. The minimum Gasteiger partial charge on any atom is -0.350 e. The Hall–Kier alpha value is -1.76. The minimum absolute atomic E-state index is 0.0228. The molecule has 128 valence electrons. The van der Waals surface area contributed by atoms with E-state index in [9.17, 15) is 4.79 Å². The first kappa shape index (κ1) is 17.1. The number of rotatable bonds is 4. The SMILES string of the molecule is Cc1nc(-c2cccc(C(=O)NC[C@@H]3CN(C)CCN3C)c2)cs1. The Balaban J connectivity index is 1.65. The average molecular weight is 344 g/mol.